The molecule has 3 rings (SSSR count). The van der Waals surface area contributed by atoms with Crippen molar-refractivity contribution in [2.45, 2.75) is 18.2 Å². The van der Waals surface area contributed by atoms with E-state index in [1.165, 1.54) is 16.2 Å². The van der Waals surface area contributed by atoms with Gasteiger partial charge in [0.15, 0.2) is 5.76 Å². The summed E-state index contributed by atoms with van der Waals surface area (Å²) in [5.74, 6) is 0.938. The van der Waals surface area contributed by atoms with Crippen LogP contribution in [0.2, 0.25) is 4.34 Å². The Kier molecular flexibility index (Phi) is 5.28. The third-order valence-corrected chi connectivity index (χ3v) is 5.35. The Morgan fingerprint density at radius 1 is 1.29 bits per heavy atom. The van der Waals surface area contributed by atoms with Crippen LogP contribution in [0.15, 0.2) is 45.7 Å². The average molecular weight is 380 g/mol. The van der Waals surface area contributed by atoms with E-state index >= 15 is 0 Å². The molecule has 0 atom stereocenters. The van der Waals surface area contributed by atoms with Crippen molar-refractivity contribution >= 4 is 40.7 Å². The van der Waals surface area contributed by atoms with Crippen molar-refractivity contribution in [1.82, 2.24) is 4.98 Å². The van der Waals surface area contributed by atoms with Crippen molar-refractivity contribution in [3.05, 3.63) is 46.4 Å². The normalized spacial score (nSPS) is 10.9. The number of thiophene rings is 1. The Balaban J connectivity index is 1.99. The molecule has 0 radical (unpaired) electrons. The molecular weight excluding hydrogens is 366 g/mol. The lowest BCUT2D eigenvalue weighted by molar-refractivity contribution is -0.136. The Morgan fingerprint density at radius 3 is 2.62 bits per heavy atom. The van der Waals surface area contributed by atoms with Crippen molar-refractivity contribution in [2.24, 2.45) is 0 Å². The van der Waals surface area contributed by atoms with Gasteiger partial charge in [0, 0.05) is 10.5 Å². The number of carbonyl (C=O) groups is 1. The predicted octanol–water partition coefficient (Wildman–Crippen LogP) is 5.46. The summed E-state index contributed by atoms with van der Waals surface area (Å²) in [7, 11) is 0. The van der Waals surface area contributed by atoms with E-state index < -0.39 is 5.97 Å². The second kappa shape index (κ2) is 7.42. The lowest BCUT2D eigenvalue weighted by Crippen LogP contribution is -2.01. The van der Waals surface area contributed by atoms with Gasteiger partial charge >= 0.3 is 5.97 Å². The maximum atomic E-state index is 11.1. The van der Waals surface area contributed by atoms with Gasteiger partial charge in [-0.15, -0.1) is 23.1 Å². The summed E-state index contributed by atoms with van der Waals surface area (Å²) in [6.07, 6.45) is -0.196. The largest absolute Gasteiger partial charge is 0.481 e. The first-order valence-electron chi connectivity index (χ1n) is 7.27. The third-order valence-electron chi connectivity index (χ3n) is 3.23. The van der Waals surface area contributed by atoms with E-state index in [2.05, 4.69) is 11.9 Å². The molecule has 0 unspecified atom stereocenters. The van der Waals surface area contributed by atoms with Gasteiger partial charge in [0.05, 0.1) is 21.3 Å². The molecule has 4 nitrogen and oxygen atoms in total. The van der Waals surface area contributed by atoms with Gasteiger partial charge in [0.25, 0.3) is 0 Å². The molecule has 0 aliphatic rings. The van der Waals surface area contributed by atoms with Crippen molar-refractivity contribution in [3.8, 4) is 22.1 Å². The fraction of sp³-hybridized carbons (Fsp3) is 0.176. The number of oxazole rings is 1. The molecule has 124 valence electrons. The van der Waals surface area contributed by atoms with Gasteiger partial charge in [-0.3, -0.25) is 4.79 Å². The minimum Gasteiger partial charge on any atom is -0.481 e. The summed E-state index contributed by atoms with van der Waals surface area (Å²) < 4.78 is 6.49. The van der Waals surface area contributed by atoms with Crippen molar-refractivity contribution in [3.63, 3.8) is 0 Å². The van der Waals surface area contributed by atoms with Gasteiger partial charge in [-0.05, 0) is 42.2 Å². The Hall–Kier alpha value is -1.76. The minimum absolute atomic E-state index is 0.196. The number of halogens is 1. The number of thioether (sulfide) groups is 1. The molecule has 24 heavy (non-hydrogen) atoms. The van der Waals surface area contributed by atoms with E-state index in [1.54, 1.807) is 17.8 Å². The van der Waals surface area contributed by atoms with Crippen molar-refractivity contribution in [1.29, 1.82) is 0 Å². The highest BCUT2D eigenvalue weighted by molar-refractivity contribution is 7.99. The molecule has 0 saturated carbocycles. The summed E-state index contributed by atoms with van der Waals surface area (Å²) in [5.41, 5.74) is 1.22. The number of carboxylic acids is 1. The lowest BCUT2D eigenvalue weighted by Gasteiger charge is -1.99. The van der Waals surface area contributed by atoms with Gasteiger partial charge in [-0.1, -0.05) is 18.5 Å². The molecule has 1 aromatic carbocycles. The first kappa shape index (κ1) is 17.1. The summed E-state index contributed by atoms with van der Waals surface area (Å²) in [5, 5.41) is 9.11. The maximum Gasteiger partial charge on any atom is 0.309 e. The van der Waals surface area contributed by atoms with Crippen LogP contribution in [0.3, 0.4) is 0 Å². The molecule has 1 N–H and O–H groups in total. The molecule has 0 aliphatic heterocycles. The van der Waals surface area contributed by atoms with E-state index in [0.29, 0.717) is 21.7 Å². The molecule has 3 aromatic rings. The van der Waals surface area contributed by atoms with Crippen LogP contribution in [0.25, 0.3) is 22.1 Å². The molecule has 0 aliphatic carbocycles. The van der Waals surface area contributed by atoms with Crippen LogP contribution in [0.4, 0.5) is 0 Å². The second-order valence-electron chi connectivity index (χ2n) is 4.93. The fourth-order valence-electron chi connectivity index (χ4n) is 2.23. The van der Waals surface area contributed by atoms with Gasteiger partial charge in [-0.25, -0.2) is 4.98 Å². The Morgan fingerprint density at radius 2 is 2.04 bits per heavy atom. The van der Waals surface area contributed by atoms with Crippen LogP contribution in [0.1, 0.15) is 12.6 Å². The summed E-state index contributed by atoms with van der Waals surface area (Å²) >= 11 is 9.07. The highest BCUT2D eigenvalue weighted by Crippen LogP contribution is 2.36. The molecule has 7 heteroatoms. The fourth-order valence-corrected chi connectivity index (χ4v) is 3.94. The van der Waals surface area contributed by atoms with Crippen LogP contribution in [0, 0.1) is 0 Å². The first-order chi connectivity index (χ1) is 11.6. The lowest BCUT2D eigenvalue weighted by atomic mass is 10.2. The summed E-state index contributed by atoms with van der Waals surface area (Å²) in [6.45, 7) is 2.10. The number of benzene rings is 1. The van der Waals surface area contributed by atoms with Crippen LogP contribution in [0.5, 0.6) is 0 Å². The third kappa shape index (κ3) is 3.83. The predicted molar refractivity (Wildman–Crippen MR) is 98.0 cm³/mol. The monoisotopic (exact) mass is 379 g/mol. The standard InChI is InChI=1S/C17H14ClNO3S2/c1-2-23-11-5-3-10(4-6-11)17-19-12(9-15(20)21)16(22-17)13-7-8-14(18)24-13/h3-8H,2,9H2,1H3,(H,20,21). The smallest absolute Gasteiger partial charge is 0.309 e. The highest BCUT2D eigenvalue weighted by Gasteiger charge is 2.20. The zero-order valence-corrected chi connectivity index (χ0v) is 15.2. The van der Waals surface area contributed by atoms with Crippen molar-refractivity contribution < 1.29 is 14.3 Å². The van der Waals surface area contributed by atoms with E-state index in [9.17, 15) is 4.79 Å². The number of nitrogens with zero attached hydrogens (tertiary/aromatic N) is 1. The molecule has 2 heterocycles. The molecular formula is C17H14ClNO3S2. The van der Waals surface area contributed by atoms with E-state index in [0.717, 1.165) is 16.2 Å². The van der Waals surface area contributed by atoms with Gasteiger partial charge in [0.1, 0.15) is 0 Å². The van der Waals surface area contributed by atoms with E-state index in [4.69, 9.17) is 21.1 Å². The SMILES string of the molecule is CCSc1ccc(-c2nc(CC(=O)O)c(-c3ccc(Cl)s3)o2)cc1. The average Bonchev–Trinajstić information content (AvgIpc) is 3.14. The molecule has 0 saturated heterocycles. The number of aromatic nitrogens is 1. The number of aliphatic carboxylic acids is 1. The maximum absolute atomic E-state index is 11.1. The zero-order valence-electron chi connectivity index (χ0n) is 12.8. The van der Waals surface area contributed by atoms with E-state index in [1.807, 2.05) is 30.3 Å². The van der Waals surface area contributed by atoms with Gasteiger partial charge in [0.2, 0.25) is 5.89 Å². The first-order valence-corrected chi connectivity index (χ1v) is 9.45. The topological polar surface area (TPSA) is 63.3 Å². The quantitative estimate of drug-likeness (QED) is 0.576. The molecule has 0 bridgehead atoms. The van der Waals surface area contributed by atoms with Crippen LogP contribution in [-0.2, 0) is 11.2 Å². The Labute approximate surface area is 152 Å². The van der Waals surface area contributed by atoms with Crippen LogP contribution in [-0.4, -0.2) is 21.8 Å². The molecule has 0 spiro atoms. The van der Waals surface area contributed by atoms with Crippen molar-refractivity contribution in [2.75, 3.05) is 5.75 Å². The molecule has 2 aromatic heterocycles. The second-order valence-corrected chi connectivity index (χ2v) is 7.98. The Bertz CT molecular complexity index is 855. The van der Waals surface area contributed by atoms with Gasteiger partial charge in [-0.2, -0.15) is 0 Å². The summed E-state index contributed by atoms with van der Waals surface area (Å²) in [6, 6.07) is 11.4. The minimum atomic E-state index is -0.951. The zero-order chi connectivity index (χ0) is 17.1. The highest BCUT2D eigenvalue weighted by atomic mass is 35.5. The molecule has 0 amide bonds. The van der Waals surface area contributed by atoms with Crippen LogP contribution >= 0.6 is 34.7 Å². The summed E-state index contributed by atoms with van der Waals surface area (Å²) in [4.78, 5) is 17.4. The number of rotatable bonds is 6. The van der Waals surface area contributed by atoms with Gasteiger partial charge < -0.3 is 9.52 Å². The number of hydrogen-bond acceptors (Lipinski definition) is 5. The van der Waals surface area contributed by atoms with Crippen LogP contribution < -0.4 is 0 Å². The number of carboxylic acid groups (broad SMARTS) is 1. The number of hydrogen-bond donors (Lipinski definition) is 1. The molecule has 0 fully saturated rings. The van der Waals surface area contributed by atoms with E-state index in [-0.39, 0.29) is 6.42 Å².